The molecule has 0 aliphatic heterocycles. The number of halogens is 1. The molecule has 35 heavy (non-hydrogen) atoms. The Bertz CT molecular complexity index is 1590. The van der Waals surface area contributed by atoms with E-state index in [-0.39, 0.29) is 5.78 Å². The molecule has 0 aliphatic rings. The van der Waals surface area contributed by atoms with Crippen molar-refractivity contribution in [3.05, 3.63) is 94.6 Å². The summed E-state index contributed by atoms with van der Waals surface area (Å²) in [5.74, 6) is 6.72. The molecule has 7 heteroatoms. The number of unbranched alkanes of at least 4 members (excludes halogenated alkanes) is 1. The number of Topliss-reactive ketones (excluding diaryl/α,β-unsaturated/α-hetero) is 1. The van der Waals surface area contributed by atoms with Gasteiger partial charge in [-0.15, -0.1) is 5.10 Å². The number of aryl methyl sites for hydroxylation is 1. The number of nitrogens with two attached hydrogens (primary N) is 1. The minimum Gasteiger partial charge on any atom is -0.383 e. The fraction of sp³-hybridized carbons (Fsp3) is 0.143. The van der Waals surface area contributed by atoms with E-state index in [0.29, 0.717) is 28.4 Å². The van der Waals surface area contributed by atoms with Crippen molar-refractivity contribution >= 4 is 45.0 Å². The fourth-order valence-electron chi connectivity index (χ4n) is 3.98. The van der Waals surface area contributed by atoms with Crippen LogP contribution in [0, 0.1) is 11.8 Å². The second-order valence-electron chi connectivity index (χ2n) is 8.26. The van der Waals surface area contributed by atoms with E-state index in [0.717, 1.165) is 46.8 Å². The van der Waals surface area contributed by atoms with Gasteiger partial charge in [-0.1, -0.05) is 59.0 Å². The lowest BCUT2D eigenvalue weighted by Gasteiger charge is -2.04. The molecule has 0 bridgehead atoms. The van der Waals surface area contributed by atoms with Crippen LogP contribution in [0.4, 0.5) is 5.82 Å². The van der Waals surface area contributed by atoms with E-state index in [1.807, 2.05) is 71.4 Å². The number of hydrogen-bond donors (Lipinski definition) is 1. The van der Waals surface area contributed by atoms with E-state index in [1.54, 1.807) is 6.20 Å². The molecule has 0 spiro atoms. The van der Waals surface area contributed by atoms with Gasteiger partial charge in [0.15, 0.2) is 5.78 Å². The summed E-state index contributed by atoms with van der Waals surface area (Å²) in [7, 11) is 0. The van der Waals surface area contributed by atoms with Crippen LogP contribution in [0.2, 0.25) is 5.02 Å². The molecule has 5 aromatic rings. The first-order valence-corrected chi connectivity index (χ1v) is 11.7. The van der Waals surface area contributed by atoms with Gasteiger partial charge in [-0.2, -0.15) is 0 Å². The van der Waals surface area contributed by atoms with Gasteiger partial charge in [-0.3, -0.25) is 4.79 Å². The summed E-state index contributed by atoms with van der Waals surface area (Å²) in [4.78, 5) is 16.9. The number of benzene rings is 3. The number of anilines is 1. The van der Waals surface area contributed by atoms with Crippen molar-refractivity contribution in [2.24, 2.45) is 0 Å². The highest BCUT2D eigenvalue weighted by molar-refractivity contribution is 6.31. The summed E-state index contributed by atoms with van der Waals surface area (Å²) in [6.07, 6.45) is 3.83. The summed E-state index contributed by atoms with van der Waals surface area (Å²) in [6, 6.07) is 20.8. The quantitative estimate of drug-likeness (QED) is 0.193. The van der Waals surface area contributed by atoms with Crippen molar-refractivity contribution in [2.75, 3.05) is 5.73 Å². The zero-order valence-electron chi connectivity index (χ0n) is 18.9. The van der Waals surface area contributed by atoms with Crippen molar-refractivity contribution in [2.45, 2.75) is 25.8 Å². The lowest BCUT2D eigenvalue weighted by molar-refractivity contribution is 0.0979. The van der Waals surface area contributed by atoms with Crippen molar-refractivity contribution < 1.29 is 4.79 Å². The Hall–Kier alpha value is -4.21. The van der Waals surface area contributed by atoms with Crippen LogP contribution in [0.5, 0.6) is 0 Å². The number of aromatic nitrogens is 4. The maximum absolute atomic E-state index is 12.6. The average molecular weight is 480 g/mol. The molecule has 0 radical (unpaired) electrons. The van der Waals surface area contributed by atoms with Crippen LogP contribution in [-0.4, -0.2) is 25.8 Å². The molecule has 0 aliphatic carbocycles. The summed E-state index contributed by atoms with van der Waals surface area (Å²) in [5, 5.41) is 10.8. The first-order valence-electron chi connectivity index (χ1n) is 11.4. The van der Waals surface area contributed by atoms with Crippen LogP contribution in [0.1, 0.15) is 40.7 Å². The number of ketones is 1. The molecule has 0 saturated heterocycles. The van der Waals surface area contributed by atoms with Gasteiger partial charge in [-0.05, 0) is 49.2 Å². The smallest absolute Gasteiger partial charge is 0.162 e. The first kappa shape index (κ1) is 22.6. The SMILES string of the molecule is Nc1ncc2ccc(Cl)cc2c1C#Cc1ccc(C(=O)CCCCn2nnc3ccccc32)cc1. The highest BCUT2D eigenvalue weighted by atomic mass is 35.5. The molecule has 2 N–H and O–H groups in total. The third-order valence-corrected chi connectivity index (χ3v) is 6.10. The Kier molecular flexibility index (Phi) is 6.42. The summed E-state index contributed by atoms with van der Waals surface area (Å²) >= 11 is 6.15. The van der Waals surface area contributed by atoms with Gasteiger partial charge in [-0.25, -0.2) is 9.67 Å². The summed E-state index contributed by atoms with van der Waals surface area (Å²) in [6.45, 7) is 0.736. The Balaban J connectivity index is 1.21. The second kappa shape index (κ2) is 9.96. The van der Waals surface area contributed by atoms with Gasteiger partial charge < -0.3 is 5.73 Å². The number of hydrogen-bond acceptors (Lipinski definition) is 5. The first-order chi connectivity index (χ1) is 17.1. The Labute approximate surface area is 207 Å². The lowest BCUT2D eigenvalue weighted by atomic mass is 10.0. The number of nitrogens with zero attached hydrogens (tertiary/aromatic N) is 4. The Morgan fingerprint density at radius 3 is 2.69 bits per heavy atom. The van der Waals surface area contributed by atoms with Crippen molar-refractivity contribution in [1.29, 1.82) is 0 Å². The number of carbonyl (C=O) groups is 1. The third kappa shape index (κ3) is 5.01. The van der Waals surface area contributed by atoms with Crippen LogP contribution < -0.4 is 5.73 Å². The van der Waals surface area contributed by atoms with Crippen LogP contribution in [0.25, 0.3) is 21.8 Å². The predicted molar refractivity (Wildman–Crippen MR) is 139 cm³/mol. The van der Waals surface area contributed by atoms with Crippen molar-refractivity contribution in [3.8, 4) is 11.8 Å². The highest BCUT2D eigenvalue weighted by Gasteiger charge is 2.08. The summed E-state index contributed by atoms with van der Waals surface area (Å²) in [5.41, 5.74) is 10.1. The maximum atomic E-state index is 12.6. The number of rotatable bonds is 6. The molecule has 5 rings (SSSR count). The van der Waals surface area contributed by atoms with Gasteiger partial charge in [0.1, 0.15) is 11.3 Å². The Morgan fingerprint density at radius 1 is 1.00 bits per heavy atom. The van der Waals surface area contributed by atoms with Gasteiger partial charge in [0.05, 0.1) is 11.1 Å². The lowest BCUT2D eigenvalue weighted by Crippen LogP contribution is -2.03. The molecule has 0 saturated carbocycles. The zero-order valence-corrected chi connectivity index (χ0v) is 19.7. The molecule has 0 fully saturated rings. The van der Waals surface area contributed by atoms with Crippen molar-refractivity contribution in [1.82, 2.24) is 20.0 Å². The molecule has 0 atom stereocenters. The number of para-hydroxylation sites is 1. The standard InChI is InChI=1S/C28H22ClN5O/c29-22-14-13-21-18-31-28(30)23(24(21)17-22)15-10-19-8-11-20(12-9-19)27(35)7-3-4-16-34-26-6-2-1-5-25(26)32-33-34/h1-2,5-6,8-9,11-14,17-18H,3-4,7,16H2,(H2,30,31). The van der Waals surface area contributed by atoms with E-state index in [1.165, 1.54) is 0 Å². The number of nitrogen functional groups attached to an aromatic ring is 1. The minimum atomic E-state index is 0.116. The molecule has 0 amide bonds. The number of carbonyl (C=O) groups excluding carboxylic acids is 1. The van der Waals surface area contributed by atoms with Crippen LogP contribution in [0.3, 0.4) is 0 Å². The molecule has 3 aromatic carbocycles. The van der Waals surface area contributed by atoms with Gasteiger partial charge >= 0.3 is 0 Å². The zero-order chi connectivity index (χ0) is 24.2. The normalized spacial score (nSPS) is 10.9. The predicted octanol–water partition coefficient (Wildman–Crippen LogP) is 5.67. The number of fused-ring (bicyclic) bond motifs is 2. The van der Waals surface area contributed by atoms with E-state index in [2.05, 4.69) is 27.1 Å². The second-order valence-corrected chi connectivity index (χ2v) is 8.70. The van der Waals surface area contributed by atoms with E-state index < -0.39 is 0 Å². The van der Waals surface area contributed by atoms with Crippen LogP contribution >= 0.6 is 11.6 Å². The monoisotopic (exact) mass is 479 g/mol. The molecule has 2 aromatic heterocycles. The molecular weight excluding hydrogens is 458 g/mol. The molecular formula is C28H22ClN5O. The van der Waals surface area contributed by atoms with E-state index >= 15 is 0 Å². The third-order valence-electron chi connectivity index (χ3n) is 5.87. The van der Waals surface area contributed by atoms with E-state index in [4.69, 9.17) is 17.3 Å². The maximum Gasteiger partial charge on any atom is 0.162 e. The molecule has 172 valence electrons. The highest BCUT2D eigenvalue weighted by Crippen LogP contribution is 2.25. The minimum absolute atomic E-state index is 0.116. The van der Waals surface area contributed by atoms with Gasteiger partial charge in [0, 0.05) is 46.1 Å². The largest absolute Gasteiger partial charge is 0.383 e. The molecule has 6 nitrogen and oxygen atoms in total. The Morgan fingerprint density at radius 2 is 1.83 bits per heavy atom. The average Bonchev–Trinajstić information content (AvgIpc) is 3.29. The molecule has 0 unspecified atom stereocenters. The number of pyridine rings is 1. The van der Waals surface area contributed by atoms with Gasteiger partial charge in [0.25, 0.3) is 0 Å². The van der Waals surface area contributed by atoms with E-state index in [9.17, 15) is 4.79 Å². The fourth-order valence-corrected chi connectivity index (χ4v) is 4.15. The topological polar surface area (TPSA) is 86.7 Å². The summed E-state index contributed by atoms with van der Waals surface area (Å²) < 4.78 is 1.89. The van der Waals surface area contributed by atoms with Crippen LogP contribution in [-0.2, 0) is 6.54 Å². The van der Waals surface area contributed by atoms with Crippen LogP contribution in [0.15, 0.2) is 72.9 Å². The molecule has 2 heterocycles. The van der Waals surface area contributed by atoms with Gasteiger partial charge in [0.2, 0.25) is 0 Å². The van der Waals surface area contributed by atoms with Crippen molar-refractivity contribution in [3.63, 3.8) is 0 Å².